The fourth-order valence-electron chi connectivity index (χ4n) is 1.78. The fourth-order valence-corrected chi connectivity index (χ4v) is 1.78. The van der Waals surface area contributed by atoms with Crippen LogP contribution in [0.4, 0.5) is 0 Å². The molecule has 14 heavy (non-hydrogen) atoms. The van der Waals surface area contributed by atoms with Crippen molar-refractivity contribution in [1.82, 2.24) is 0 Å². The molecule has 0 aromatic rings. The van der Waals surface area contributed by atoms with Crippen molar-refractivity contribution < 1.29 is 9.47 Å². The van der Waals surface area contributed by atoms with Crippen LogP contribution < -0.4 is 5.73 Å². The topological polar surface area (TPSA) is 44.5 Å². The zero-order valence-electron chi connectivity index (χ0n) is 9.21. The first-order chi connectivity index (χ1) is 6.83. The summed E-state index contributed by atoms with van der Waals surface area (Å²) in [5.74, 6) is 0. The van der Waals surface area contributed by atoms with Crippen LogP contribution in [0.5, 0.6) is 0 Å². The third kappa shape index (κ3) is 4.94. The quantitative estimate of drug-likeness (QED) is 0.665. The van der Waals surface area contributed by atoms with Gasteiger partial charge in [0.25, 0.3) is 0 Å². The van der Waals surface area contributed by atoms with Crippen molar-refractivity contribution >= 4 is 0 Å². The van der Waals surface area contributed by atoms with E-state index >= 15 is 0 Å². The summed E-state index contributed by atoms with van der Waals surface area (Å²) >= 11 is 0. The molecule has 0 aliphatic heterocycles. The van der Waals surface area contributed by atoms with E-state index in [-0.39, 0.29) is 0 Å². The average molecular weight is 201 g/mol. The zero-order chi connectivity index (χ0) is 10.2. The van der Waals surface area contributed by atoms with Crippen LogP contribution in [-0.2, 0) is 9.47 Å². The summed E-state index contributed by atoms with van der Waals surface area (Å²) in [4.78, 5) is 0. The summed E-state index contributed by atoms with van der Waals surface area (Å²) in [5, 5.41) is 0. The molecule has 1 rings (SSSR count). The molecule has 84 valence electrons. The summed E-state index contributed by atoms with van der Waals surface area (Å²) in [6, 6.07) is 0.409. The van der Waals surface area contributed by atoms with Crippen molar-refractivity contribution in [2.75, 3.05) is 19.8 Å². The summed E-state index contributed by atoms with van der Waals surface area (Å²) in [6.07, 6.45) is 5.98. The molecule has 0 bridgehead atoms. The van der Waals surface area contributed by atoms with Gasteiger partial charge in [0.15, 0.2) is 0 Å². The second-order valence-corrected chi connectivity index (χ2v) is 4.02. The van der Waals surface area contributed by atoms with Crippen LogP contribution in [0, 0.1) is 0 Å². The van der Waals surface area contributed by atoms with E-state index in [9.17, 15) is 0 Å². The predicted octanol–water partition coefficient (Wildman–Crippen LogP) is 1.70. The third-order valence-electron chi connectivity index (χ3n) is 2.65. The summed E-state index contributed by atoms with van der Waals surface area (Å²) in [7, 11) is 0. The molecule has 0 aromatic heterocycles. The molecule has 0 radical (unpaired) electrons. The molecule has 0 saturated heterocycles. The van der Waals surface area contributed by atoms with Crippen molar-refractivity contribution in [1.29, 1.82) is 0 Å². The molecular weight excluding hydrogens is 178 g/mol. The minimum absolute atomic E-state index is 0.409. The van der Waals surface area contributed by atoms with Crippen LogP contribution in [0.15, 0.2) is 0 Å². The van der Waals surface area contributed by atoms with Gasteiger partial charge in [-0.2, -0.15) is 0 Å². The Morgan fingerprint density at radius 2 is 1.79 bits per heavy atom. The lowest BCUT2D eigenvalue weighted by atomic mass is 9.94. The van der Waals surface area contributed by atoms with E-state index in [0.29, 0.717) is 12.1 Å². The average Bonchev–Trinajstić information content (AvgIpc) is 2.21. The van der Waals surface area contributed by atoms with E-state index in [4.69, 9.17) is 15.2 Å². The number of hydrogen-bond acceptors (Lipinski definition) is 3. The van der Waals surface area contributed by atoms with Gasteiger partial charge in [0, 0.05) is 12.6 Å². The molecule has 0 aromatic carbocycles. The fraction of sp³-hybridized carbons (Fsp3) is 1.00. The van der Waals surface area contributed by atoms with E-state index < -0.39 is 0 Å². The van der Waals surface area contributed by atoms with Crippen molar-refractivity contribution in [3.63, 3.8) is 0 Å². The minimum atomic E-state index is 0.409. The normalized spacial score (nSPS) is 27.9. The second kappa shape index (κ2) is 7.21. The molecule has 3 nitrogen and oxygen atoms in total. The maximum atomic E-state index is 5.81. The van der Waals surface area contributed by atoms with Gasteiger partial charge in [-0.1, -0.05) is 6.92 Å². The Morgan fingerprint density at radius 3 is 2.43 bits per heavy atom. The van der Waals surface area contributed by atoms with Crippen molar-refractivity contribution in [2.24, 2.45) is 5.73 Å². The monoisotopic (exact) mass is 201 g/mol. The van der Waals surface area contributed by atoms with E-state index in [1.54, 1.807) is 0 Å². The lowest BCUT2D eigenvalue weighted by molar-refractivity contribution is -0.0118. The third-order valence-corrected chi connectivity index (χ3v) is 2.65. The highest BCUT2D eigenvalue weighted by Gasteiger charge is 2.18. The molecule has 0 amide bonds. The maximum Gasteiger partial charge on any atom is 0.0704 e. The van der Waals surface area contributed by atoms with E-state index in [1.165, 1.54) is 0 Å². The first-order valence-electron chi connectivity index (χ1n) is 5.78. The molecule has 1 saturated carbocycles. The van der Waals surface area contributed by atoms with Crippen LogP contribution >= 0.6 is 0 Å². The number of rotatable bonds is 6. The van der Waals surface area contributed by atoms with Crippen LogP contribution in [0.25, 0.3) is 0 Å². The molecule has 1 aliphatic rings. The Balaban J connectivity index is 1.91. The molecular formula is C11H23NO2. The van der Waals surface area contributed by atoms with Crippen molar-refractivity contribution in [3.8, 4) is 0 Å². The predicted molar refractivity (Wildman–Crippen MR) is 57.3 cm³/mol. The summed E-state index contributed by atoms with van der Waals surface area (Å²) in [5.41, 5.74) is 5.81. The van der Waals surface area contributed by atoms with Crippen LogP contribution in [0.2, 0.25) is 0 Å². The van der Waals surface area contributed by atoms with Crippen LogP contribution in [-0.4, -0.2) is 32.0 Å². The highest BCUT2D eigenvalue weighted by molar-refractivity contribution is 4.74. The van der Waals surface area contributed by atoms with E-state index in [0.717, 1.165) is 51.9 Å². The van der Waals surface area contributed by atoms with Crippen LogP contribution in [0.1, 0.15) is 39.0 Å². The Morgan fingerprint density at radius 1 is 1.07 bits per heavy atom. The van der Waals surface area contributed by atoms with Gasteiger partial charge in [-0.3, -0.25) is 0 Å². The number of nitrogens with two attached hydrogens (primary N) is 1. The molecule has 1 fully saturated rings. The van der Waals surface area contributed by atoms with E-state index in [1.807, 2.05) is 0 Å². The largest absolute Gasteiger partial charge is 0.379 e. The zero-order valence-corrected chi connectivity index (χ0v) is 9.21. The van der Waals surface area contributed by atoms with Crippen LogP contribution in [0.3, 0.4) is 0 Å². The van der Waals surface area contributed by atoms with Gasteiger partial charge < -0.3 is 15.2 Å². The summed E-state index contributed by atoms with van der Waals surface area (Å²) in [6.45, 7) is 4.43. The Bertz CT molecular complexity index is 133. The highest BCUT2D eigenvalue weighted by Crippen LogP contribution is 2.19. The van der Waals surface area contributed by atoms with Gasteiger partial charge in [0.2, 0.25) is 0 Å². The van der Waals surface area contributed by atoms with E-state index in [2.05, 4.69) is 6.92 Å². The molecule has 0 atom stereocenters. The van der Waals surface area contributed by atoms with Gasteiger partial charge in [-0.05, 0) is 32.1 Å². The standard InChI is InChI=1S/C11H23NO2/c1-2-7-13-8-9-14-11-5-3-10(12)4-6-11/h10-11H,2-9,12H2,1H3. The lowest BCUT2D eigenvalue weighted by Crippen LogP contribution is -2.30. The number of hydrogen-bond donors (Lipinski definition) is 1. The van der Waals surface area contributed by atoms with Gasteiger partial charge in [-0.25, -0.2) is 0 Å². The molecule has 0 unspecified atom stereocenters. The molecule has 0 heterocycles. The smallest absolute Gasteiger partial charge is 0.0704 e. The van der Waals surface area contributed by atoms with Gasteiger partial charge in [0.05, 0.1) is 19.3 Å². The molecule has 0 spiro atoms. The number of ether oxygens (including phenoxy) is 2. The molecule has 3 heteroatoms. The van der Waals surface area contributed by atoms with Gasteiger partial charge in [0.1, 0.15) is 0 Å². The van der Waals surface area contributed by atoms with Crippen molar-refractivity contribution in [3.05, 3.63) is 0 Å². The molecule has 2 N–H and O–H groups in total. The maximum absolute atomic E-state index is 5.81. The minimum Gasteiger partial charge on any atom is -0.379 e. The Kier molecular flexibility index (Phi) is 6.15. The second-order valence-electron chi connectivity index (χ2n) is 4.02. The van der Waals surface area contributed by atoms with Gasteiger partial charge >= 0.3 is 0 Å². The molecule has 1 aliphatic carbocycles. The lowest BCUT2D eigenvalue weighted by Gasteiger charge is -2.26. The SMILES string of the molecule is CCCOCCOC1CCC(N)CC1. The summed E-state index contributed by atoms with van der Waals surface area (Å²) < 4.78 is 11.0. The van der Waals surface area contributed by atoms with Gasteiger partial charge in [-0.15, -0.1) is 0 Å². The first kappa shape index (κ1) is 12.0. The Labute approximate surface area is 86.9 Å². The van der Waals surface area contributed by atoms with Crippen molar-refractivity contribution in [2.45, 2.75) is 51.2 Å². The highest BCUT2D eigenvalue weighted by atomic mass is 16.5. The Hall–Kier alpha value is -0.120. The first-order valence-corrected chi connectivity index (χ1v) is 5.78.